The van der Waals surface area contributed by atoms with Crippen LogP contribution in [0.1, 0.15) is 29.9 Å². The third-order valence-corrected chi connectivity index (χ3v) is 4.61. The quantitative estimate of drug-likeness (QED) is 0.894. The van der Waals surface area contributed by atoms with E-state index in [1.165, 1.54) is 11.3 Å². The predicted octanol–water partition coefficient (Wildman–Crippen LogP) is 3.31. The Kier molecular flexibility index (Phi) is 4.11. The lowest BCUT2D eigenvalue weighted by Crippen LogP contribution is -2.25. The molecule has 1 aromatic rings. The van der Waals surface area contributed by atoms with Crippen molar-refractivity contribution in [2.75, 3.05) is 11.5 Å². The number of aryl methyl sites for hydroxylation is 1. The van der Waals surface area contributed by atoms with Gasteiger partial charge in [-0.25, -0.2) is 0 Å². The summed E-state index contributed by atoms with van der Waals surface area (Å²) in [6, 6.07) is 7.93. The van der Waals surface area contributed by atoms with Gasteiger partial charge in [0.2, 0.25) is 0 Å². The molecule has 3 heteroatoms. The van der Waals surface area contributed by atoms with Gasteiger partial charge in [-0.2, -0.15) is 11.8 Å². The van der Waals surface area contributed by atoms with Crippen molar-refractivity contribution in [3.05, 3.63) is 35.4 Å². The maximum atomic E-state index is 11.5. The van der Waals surface area contributed by atoms with Gasteiger partial charge in [-0.3, -0.25) is 4.79 Å². The summed E-state index contributed by atoms with van der Waals surface area (Å²) in [4.78, 5) is 11.5. The van der Waals surface area contributed by atoms with Crippen molar-refractivity contribution in [3.63, 3.8) is 0 Å². The van der Waals surface area contributed by atoms with Gasteiger partial charge < -0.3 is 5.11 Å². The summed E-state index contributed by atoms with van der Waals surface area (Å²) in [5.74, 6) is 1.43. The van der Waals surface area contributed by atoms with E-state index >= 15 is 0 Å². The molecule has 0 amide bonds. The number of carboxylic acid groups (broad SMARTS) is 1. The summed E-state index contributed by atoms with van der Waals surface area (Å²) in [5.41, 5.74) is 2.13. The van der Waals surface area contributed by atoms with Gasteiger partial charge in [0, 0.05) is 0 Å². The van der Waals surface area contributed by atoms with Crippen LogP contribution in [0.4, 0.5) is 0 Å². The molecule has 1 aliphatic rings. The molecule has 0 radical (unpaired) electrons. The minimum absolute atomic E-state index is 0.286. The van der Waals surface area contributed by atoms with Gasteiger partial charge in [0.15, 0.2) is 0 Å². The van der Waals surface area contributed by atoms with Crippen molar-refractivity contribution in [2.45, 2.75) is 25.7 Å². The van der Waals surface area contributed by atoms with Gasteiger partial charge in [-0.1, -0.05) is 29.8 Å². The summed E-state index contributed by atoms with van der Waals surface area (Å²) in [6.45, 7) is 2.02. The Labute approximate surface area is 106 Å². The molecule has 1 fully saturated rings. The van der Waals surface area contributed by atoms with Crippen LogP contribution in [0.3, 0.4) is 0 Å². The molecule has 0 aromatic heterocycles. The van der Waals surface area contributed by atoms with E-state index < -0.39 is 5.97 Å². The van der Waals surface area contributed by atoms with E-state index in [9.17, 15) is 9.90 Å². The fourth-order valence-electron chi connectivity index (χ4n) is 2.42. The SMILES string of the molecule is Cc1ccc(C(C(=O)O)C2CCCSC2)cc1. The average molecular weight is 250 g/mol. The third kappa shape index (κ3) is 3.03. The van der Waals surface area contributed by atoms with Gasteiger partial charge in [-0.05, 0) is 42.8 Å². The second-order valence-corrected chi connectivity index (χ2v) is 5.85. The molecular weight excluding hydrogens is 232 g/mol. The molecule has 2 rings (SSSR count). The van der Waals surface area contributed by atoms with Crippen LogP contribution in [0.15, 0.2) is 24.3 Å². The summed E-state index contributed by atoms with van der Waals surface area (Å²) in [5, 5.41) is 9.44. The lowest BCUT2D eigenvalue weighted by atomic mass is 9.84. The molecule has 1 N–H and O–H groups in total. The second kappa shape index (κ2) is 5.58. The van der Waals surface area contributed by atoms with E-state index in [0.29, 0.717) is 0 Å². The predicted molar refractivity (Wildman–Crippen MR) is 71.6 cm³/mol. The highest BCUT2D eigenvalue weighted by Gasteiger charge is 2.30. The first-order chi connectivity index (χ1) is 8.18. The number of hydrogen-bond acceptors (Lipinski definition) is 2. The number of carbonyl (C=O) groups is 1. The van der Waals surface area contributed by atoms with Gasteiger partial charge in [-0.15, -0.1) is 0 Å². The lowest BCUT2D eigenvalue weighted by molar-refractivity contribution is -0.140. The van der Waals surface area contributed by atoms with Gasteiger partial charge in [0.05, 0.1) is 5.92 Å². The van der Waals surface area contributed by atoms with Crippen molar-refractivity contribution >= 4 is 17.7 Å². The van der Waals surface area contributed by atoms with Crippen LogP contribution in [-0.2, 0) is 4.79 Å². The molecule has 17 heavy (non-hydrogen) atoms. The van der Waals surface area contributed by atoms with Crippen molar-refractivity contribution in [3.8, 4) is 0 Å². The first-order valence-corrected chi connectivity index (χ1v) is 7.21. The van der Waals surface area contributed by atoms with Crippen molar-refractivity contribution in [2.24, 2.45) is 5.92 Å². The summed E-state index contributed by atoms with van der Waals surface area (Å²) < 4.78 is 0. The van der Waals surface area contributed by atoms with Crippen LogP contribution in [0.2, 0.25) is 0 Å². The summed E-state index contributed by atoms with van der Waals surface area (Å²) in [7, 11) is 0. The highest BCUT2D eigenvalue weighted by molar-refractivity contribution is 7.99. The molecule has 0 aliphatic carbocycles. The first kappa shape index (κ1) is 12.5. The van der Waals surface area contributed by atoms with E-state index in [4.69, 9.17) is 0 Å². The molecule has 2 nitrogen and oxygen atoms in total. The zero-order chi connectivity index (χ0) is 12.3. The fraction of sp³-hybridized carbons (Fsp3) is 0.500. The summed E-state index contributed by atoms with van der Waals surface area (Å²) in [6.07, 6.45) is 2.18. The maximum absolute atomic E-state index is 11.5. The molecule has 1 aromatic carbocycles. The standard InChI is InChI=1S/C14H18O2S/c1-10-4-6-11(7-5-10)13(14(15)16)12-3-2-8-17-9-12/h4-7,12-13H,2-3,8-9H2,1H3,(H,15,16). The topological polar surface area (TPSA) is 37.3 Å². The molecule has 2 atom stereocenters. The van der Waals surface area contributed by atoms with Gasteiger partial charge in [0.25, 0.3) is 0 Å². The van der Waals surface area contributed by atoms with Gasteiger partial charge in [0.1, 0.15) is 0 Å². The maximum Gasteiger partial charge on any atom is 0.311 e. The molecule has 1 heterocycles. The van der Waals surface area contributed by atoms with Crippen LogP contribution >= 0.6 is 11.8 Å². The smallest absolute Gasteiger partial charge is 0.311 e. The minimum Gasteiger partial charge on any atom is -0.481 e. The summed E-state index contributed by atoms with van der Waals surface area (Å²) >= 11 is 1.88. The van der Waals surface area contributed by atoms with Crippen LogP contribution in [0.5, 0.6) is 0 Å². The molecule has 1 saturated heterocycles. The fourth-order valence-corrected chi connectivity index (χ4v) is 3.62. The Bertz CT molecular complexity index is 380. The van der Waals surface area contributed by atoms with E-state index in [-0.39, 0.29) is 11.8 Å². The third-order valence-electron chi connectivity index (χ3n) is 3.37. The van der Waals surface area contributed by atoms with Crippen LogP contribution in [0.25, 0.3) is 0 Å². The zero-order valence-electron chi connectivity index (χ0n) is 10.1. The van der Waals surface area contributed by atoms with Crippen molar-refractivity contribution in [1.29, 1.82) is 0 Å². The van der Waals surface area contributed by atoms with Crippen LogP contribution in [-0.4, -0.2) is 22.6 Å². The van der Waals surface area contributed by atoms with Gasteiger partial charge >= 0.3 is 5.97 Å². The van der Waals surface area contributed by atoms with E-state index in [2.05, 4.69) is 0 Å². The Balaban J connectivity index is 2.21. The average Bonchev–Trinajstić information content (AvgIpc) is 2.33. The highest BCUT2D eigenvalue weighted by Crippen LogP contribution is 2.35. The Morgan fingerprint density at radius 3 is 2.65 bits per heavy atom. The molecule has 1 aliphatic heterocycles. The molecule has 92 valence electrons. The van der Waals surface area contributed by atoms with Crippen molar-refractivity contribution < 1.29 is 9.90 Å². The Morgan fingerprint density at radius 2 is 2.12 bits per heavy atom. The zero-order valence-corrected chi connectivity index (χ0v) is 10.9. The molecular formula is C14H18O2S. The monoisotopic (exact) mass is 250 g/mol. The second-order valence-electron chi connectivity index (χ2n) is 4.70. The molecule has 0 spiro atoms. The molecule has 2 unspecified atom stereocenters. The van der Waals surface area contributed by atoms with Crippen LogP contribution in [0, 0.1) is 12.8 Å². The largest absolute Gasteiger partial charge is 0.481 e. The normalized spacial score (nSPS) is 22.1. The number of benzene rings is 1. The number of thioether (sulfide) groups is 1. The highest BCUT2D eigenvalue weighted by atomic mass is 32.2. The Morgan fingerprint density at radius 1 is 1.41 bits per heavy atom. The Hall–Kier alpha value is -0.960. The van der Waals surface area contributed by atoms with E-state index in [0.717, 1.165) is 24.2 Å². The van der Waals surface area contributed by atoms with E-state index in [1.54, 1.807) is 0 Å². The van der Waals surface area contributed by atoms with Crippen molar-refractivity contribution in [1.82, 2.24) is 0 Å². The number of carboxylic acids is 1. The number of hydrogen-bond donors (Lipinski definition) is 1. The number of aliphatic carboxylic acids is 1. The molecule has 0 bridgehead atoms. The first-order valence-electron chi connectivity index (χ1n) is 6.05. The number of rotatable bonds is 3. The minimum atomic E-state index is -0.679. The van der Waals surface area contributed by atoms with Crippen LogP contribution < -0.4 is 0 Å². The molecule has 0 saturated carbocycles. The lowest BCUT2D eigenvalue weighted by Gasteiger charge is -2.27. The van der Waals surface area contributed by atoms with E-state index in [1.807, 2.05) is 43.0 Å².